The van der Waals surface area contributed by atoms with Crippen LogP contribution in [-0.2, 0) is 12.3 Å². The van der Waals surface area contributed by atoms with Crippen LogP contribution in [-0.4, -0.2) is 55.3 Å². The van der Waals surface area contributed by atoms with Crippen LogP contribution in [0.2, 0.25) is 0 Å². The molecule has 0 saturated carbocycles. The third kappa shape index (κ3) is 4.58. The van der Waals surface area contributed by atoms with Crippen molar-refractivity contribution in [3.8, 4) is 0 Å². The first-order valence-electron chi connectivity index (χ1n) is 9.78. The van der Waals surface area contributed by atoms with Gasteiger partial charge in [0, 0.05) is 11.0 Å². The Morgan fingerprint density at radius 2 is 1.93 bits per heavy atom. The van der Waals surface area contributed by atoms with Gasteiger partial charge >= 0.3 is 0 Å². The Hall–Kier alpha value is -2.23. The van der Waals surface area contributed by atoms with Crippen molar-refractivity contribution in [3.05, 3.63) is 64.4 Å². The van der Waals surface area contributed by atoms with Gasteiger partial charge in [-0.2, -0.15) is 0 Å². The van der Waals surface area contributed by atoms with E-state index in [2.05, 4.69) is 84.2 Å². The maximum absolute atomic E-state index is 4.94. The summed E-state index contributed by atoms with van der Waals surface area (Å²) < 4.78 is 5.22. The lowest BCUT2D eigenvalue weighted by atomic mass is 10.1. The predicted molar refractivity (Wildman–Crippen MR) is 124 cm³/mol. The number of fused-ring (bicyclic) bond motifs is 1. The van der Waals surface area contributed by atoms with Gasteiger partial charge in [-0.15, -0.1) is 5.10 Å². The second kappa shape index (κ2) is 9.28. The molecule has 4 rings (SSSR count). The average molecular weight is 486 g/mol. The number of hydrogen-bond acceptors (Lipinski definition) is 6. The topological polar surface area (TPSA) is 64.7 Å². The van der Waals surface area contributed by atoms with Crippen molar-refractivity contribution in [1.29, 1.82) is 0 Å². The quantitative estimate of drug-likeness (QED) is 0.347. The average Bonchev–Trinajstić information content (AvgIpc) is 3.34. The molecule has 9 heteroatoms. The Bertz CT molecular complexity index is 1120. The van der Waals surface area contributed by atoms with Crippen LogP contribution in [0.1, 0.15) is 24.4 Å². The summed E-state index contributed by atoms with van der Waals surface area (Å²) in [6.07, 6.45) is 0. The molecule has 4 aromatic rings. The molecule has 2 aromatic heterocycles. The fraction of sp³-hybridized carbons (Fsp3) is 0.333. The third-order valence-electron chi connectivity index (χ3n) is 4.98. The molecule has 156 valence electrons. The smallest absolute Gasteiger partial charge is 0.209 e. The molecule has 0 fully saturated rings. The Balaban J connectivity index is 1.65. The van der Waals surface area contributed by atoms with Gasteiger partial charge in [-0.05, 0) is 55.2 Å². The molecule has 0 aliphatic rings. The van der Waals surface area contributed by atoms with E-state index >= 15 is 0 Å². The standard InChI is InChI=1S/C21H24BrN7S/c1-15(16-7-5-4-6-8-16)29-19-13-17(22)9-10-18(19)23-20(29)14-30-21-24-25-26-28(21)12-11-27(2)3/h4-10,13,15H,11-12,14H2,1-3H3. The van der Waals surface area contributed by atoms with Crippen LogP contribution in [0.15, 0.2) is 58.2 Å². The summed E-state index contributed by atoms with van der Waals surface area (Å²) in [5, 5.41) is 13.0. The van der Waals surface area contributed by atoms with Gasteiger partial charge in [0.05, 0.1) is 29.4 Å². The zero-order valence-corrected chi connectivity index (χ0v) is 19.6. The minimum atomic E-state index is 0.158. The molecule has 2 heterocycles. The van der Waals surface area contributed by atoms with Crippen molar-refractivity contribution in [2.75, 3.05) is 20.6 Å². The highest BCUT2D eigenvalue weighted by molar-refractivity contribution is 9.10. The predicted octanol–water partition coefficient (Wildman–Crippen LogP) is 4.25. The van der Waals surface area contributed by atoms with E-state index in [9.17, 15) is 0 Å². The van der Waals surface area contributed by atoms with E-state index in [-0.39, 0.29) is 6.04 Å². The number of benzene rings is 2. The molecule has 0 radical (unpaired) electrons. The molecule has 0 aliphatic heterocycles. The number of hydrogen-bond donors (Lipinski definition) is 0. The van der Waals surface area contributed by atoms with Crippen molar-refractivity contribution >= 4 is 38.7 Å². The van der Waals surface area contributed by atoms with Crippen LogP contribution < -0.4 is 0 Å². The van der Waals surface area contributed by atoms with Crippen molar-refractivity contribution in [3.63, 3.8) is 0 Å². The van der Waals surface area contributed by atoms with Gasteiger partial charge in [0.25, 0.3) is 0 Å². The Morgan fingerprint density at radius 1 is 1.13 bits per heavy atom. The van der Waals surface area contributed by atoms with Gasteiger partial charge in [-0.1, -0.05) is 58.0 Å². The summed E-state index contributed by atoms with van der Waals surface area (Å²) in [7, 11) is 4.09. The molecular weight excluding hydrogens is 462 g/mol. The maximum atomic E-state index is 4.94. The van der Waals surface area contributed by atoms with Gasteiger partial charge < -0.3 is 9.47 Å². The highest BCUT2D eigenvalue weighted by Crippen LogP contribution is 2.30. The molecular formula is C21H24BrN7S. The van der Waals surface area contributed by atoms with Crippen LogP contribution in [0.3, 0.4) is 0 Å². The first kappa shape index (κ1) is 21.0. The lowest BCUT2D eigenvalue weighted by Crippen LogP contribution is -2.19. The van der Waals surface area contributed by atoms with E-state index < -0.39 is 0 Å². The number of rotatable bonds is 8. The number of tetrazole rings is 1. The summed E-state index contributed by atoms with van der Waals surface area (Å²) in [5.74, 6) is 1.69. The monoisotopic (exact) mass is 485 g/mol. The van der Waals surface area contributed by atoms with Crippen LogP contribution in [0.25, 0.3) is 11.0 Å². The SMILES string of the molecule is CC(c1ccccc1)n1c(CSc2nnnn2CCN(C)C)nc2ccc(Br)cc21. The summed E-state index contributed by atoms with van der Waals surface area (Å²) in [4.78, 5) is 7.06. The van der Waals surface area contributed by atoms with Crippen molar-refractivity contribution in [2.45, 2.75) is 30.4 Å². The molecule has 7 nitrogen and oxygen atoms in total. The highest BCUT2D eigenvalue weighted by atomic mass is 79.9. The van der Waals surface area contributed by atoms with Gasteiger partial charge in [0.15, 0.2) is 0 Å². The summed E-state index contributed by atoms with van der Waals surface area (Å²) in [5.41, 5.74) is 3.35. The summed E-state index contributed by atoms with van der Waals surface area (Å²) in [6.45, 7) is 3.86. The van der Waals surface area contributed by atoms with Crippen molar-refractivity contribution in [1.82, 2.24) is 34.7 Å². The molecule has 0 N–H and O–H groups in total. The Labute approximate surface area is 188 Å². The lowest BCUT2D eigenvalue weighted by Gasteiger charge is -2.18. The molecule has 30 heavy (non-hydrogen) atoms. The minimum Gasteiger partial charge on any atom is -0.320 e. The van der Waals surface area contributed by atoms with E-state index in [0.29, 0.717) is 5.75 Å². The van der Waals surface area contributed by atoms with Crippen LogP contribution in [0, 0.1) is 0 Å². The van der Waals surface area contributed by atoms with E-state index in [1.807, 2.05) is 30.9 Å². The van der Waals surface area contributed by atoms with Crippen molar-refractivity contribution < 1.29 is 0 Å². The van der Waals surface area contributed by atoms with Crippen LogP contribution in [0.5, 0.6) is 0 Å². The number of halogens is 1. The molecule has 2 aromatic carbocycles. The fourth-order valence-electron chi connectivity index (χ4n) is 3.39. The van der Waals surface area contributed by atoms with E-state index in [1.165, 1.54) is 5.56 Å². The first-order chi connectivity index (χ1) is 14.5. The number of aromatic nitrogens is 6. The second-order valence-electron chi connectivity index (χ2n) is 7.39. The molecule has 1 atom stereocenters. The fourth-order valence-corrected chi connectivity index (χ4v) is 4.58. The zero-order valence-electron chi connectivity index (χ0n) is 17.2. The number of likely N-dealkylation sites (N-methyl/N-ethyl adjacent to an activating group) is 1. The summed E-state index contributed by atoms with van der Waals surface area (Å²) in [6, 6.07) is 16.9. The molecule has 0 saturated heterocycles. The molecule has 1 unspecified atom stereocenters. The normalized spacial score (nSPS) is 12.7. The zero-order chi connectivity index (χ0) is 21.1. The number of nitrogens with zero attached hydrogens (tertiary/aromatic N) is 7. The van der Waals surface area contributed by atoms with E-state index in [1.54, 1.807) is 11.8 Å². The number of thioether (sulfide) groups is 1. The molecule has 0 aliphatic carbocycles. The maximum Gasteiger partial charge on any atom is 0.209 e. The molecule has 0 spiro atoms. The van der Waals surface area contributed by atoms with Gasteiger partial charge in [-0.25, -0.2) is 9.67 Å². The van der Waals surface area contributed by atoms with Gasteiger partial charge in [0.1, 0.15) is 5.82 Å². The second-order valence-corrected chi connectivity index (χ2v) is 9.25. The Kier molecular flexibility index (Phi) is 6.50. The first-order valence-corrected chi connectivity index (χ1v) is 11.6. The summed E-state index contributed by atoms with van der Waals surface area (Å²) >= 11 is 5.23. The lowest BCUT2D eigenvalue weighted by molar-refractivity contribution is 0.361. The Morgan fingerprint density at radius 3 is 2.70 bits per heavy atom. The largest absolute Gasteiger partial charge is 0.320 e. The van der Waals surface area contributed by atoms with Crippen molar-refractivity contribution in [2.24, 2.45) is 0 Å². The van der Waals surface area contributed by atoms with E-state index in [4.69, 9.17) is 4.98 Å². The van der Waals surface area contributed by atoms with Gasteiger partial charge in [-0.3, -0.25) is 0 Å². The molecule has 0 amide bonds. The molecule has 0 bridgehead atoms. The third-order valence-corrected chi connectivity index (χ3v) is 6.43. The van der Waals surface area contributed by atoms with E-state index in [0.717, 1.165) is 39.6 Å². The van der Waals surface area contributed by atoms with Crippen LogP contribution in [0.4, 0.5) is 0 Å². The number of imidazole rings is 1. The van der Waals surface area contributed by atoms with Crippen LogP contribution >= 0.6 is 27.7 Å². The highest BCUT2D eigenvalue weighted by Gasteiger charge is 2.19. The van der Waals surface area contributed by atoms with Gasteiger partial charge in [0.2, 0.25) is 5.16 Å². The minimum absolute atomic E-state index is 0.158.